The lowest BCUT2D eigenvalue weighted by Gasteiger charge is -1.64. The van der Waals surface area contributed by atoms with E-state index in [-0.39, 0.29) is 0 Å². The Balaban J connectivity index is 4.04. The summed E-state index contributed by atoms with van der Waals surface area (Å²) in [5, 5.41) is 0. The Labute approximate surface area is 67.4 Å². The minimum atomic E-state index is 2.12. The molecule has 0 spiro atoms. The van der Waals surface area contributed by atoms with Gasteiger partial charge in [-0.3, -0.25) is 5.92 Å². The number of hydrogen-bond acceptors (Lipinski definition) is 0. The first-order chi connectivity index (χ1) is 5.41. The number of terminal acetylenes is 1. The summed E-state index contributed by atoms with van der Waals surface area (Å²) < 4.78 is 0. The topological polar surface area (TPSA) is 0 Å². The smallest absolute Gasteiger partial charge is 0.0000439 e. The van der Waals surface area contributed by atoms with Gasteiger partial charge in [0, 0.05) is 0 Å². The van der Waals surface area contributed by atoms with Gasteiger partial charge in [-0.2, -0.15) is 6.92 Å². The molecule has 0 N–H and O–H groups in total. The van der Waals surface area contributed by atoms with Crippen molar-refractivity contribution in [3.8, 4) is 59.7 Å². The highest BCUT2D eigenvalue weighted by atomic mass is 13.5. The average molecular weight is 135 g/mol. The number of hydrogen-bond donors (Lipinski definition) is 0. The summed E-state index contributed by atoms with van der Waals surface area (Å²) in [6.45, 7) is 3.27. The van der Waals surface area contributed by atoms with Crippen LogP contribution in [-0.4, -0.2) is 0 Å². The summed E-state index contributed by atoms with van der Waals surface area (Å²) >= 11 is 0. The third-order valence-electron chi connectivity index (χ3n) is 0.536. The molecule has 0 aromatic heterocycles. The van der Waals surface area contributed by atoms with E-state index in [1.54, 1.807) is 0 Å². The van der Waals surface area contributed by atoms with E-state index in [2.05, 4.69) is 60.2 Å². The van der Waals surface area contributed by atoms with Crippen LogP contribution in [0.4, 0.5) is 0 Å². The van der Waals surface area contributed by atoms with Gasteiger partial charge in [0.15, 0.2) is 0 Å². The predicted octanol–water partition coefficient (Wildman–Crippen LogP) is 0.467. The van der Waals surface area contributed by atoms with Crippen LogP contribution in [0.2, 0.25) is 0 Å². The fourth-order valence-corrected chi connectivity index (χ4v) is 0.237. The molecule has 0 heterocycles. The summed E-state index contributed by atoms with van der Waals surface area (Å²) in [6, 6.07) is 0. The van der Waals surface area contributed by atoms with E-state index in [0.717, 1.165) is 0 Å². The van der Waals surface area contributed by atoms with Crippen LogP contribution in [0.5, 0.6) is 0 Å². The second kappa shape index (κ2) is 7.67. The molecule has 0 rings (SSSR count). The van der Waals surface area contributed by atoms with Crippen molar-refractivity contribution in [3.63, 3.8) is 0 Å². The van der Waals surface area contributed by atoms with Crippen molar-refractivity contribution in [1.82, 2.24) is 0 Å². The summed E-state index contributed by atoms with van der Waals surface area (Å²) in [6.07, 6.45) is 4.83. The van der Waals surface area contributed by atoms with Crippen LogP contribution in [-0.2, 0) is 0 Å². The van der Waals surface area contributed by atoms with Crippen molar-refractivity contribution in [2.24, 2.45) is 0 Å². The molecule has 0 saturated heterocycles. The minimum Gasteiger partial charge on any atom is -0.284 e. The summed E-state index contributed by atoms with van der Waals surface area (Å²) in [7, 11) is 0. The van der Waals surface area contributed by atoms with Gasteiger partial charge in [-0.15, -0.1) is 12.3 Å². The Morgan fingerprint density at radius 2 is 1.18 bits per heavy atom. The number of rotatable bonds is 0. The predicted molar refractivity (Wildman–Crippen MR) is 45.3 cm³/mol. The highest BCUT2D eigenvalue weighted by Crippen LogP contribution is 1.54. The standard InChI is InChI=1S/C11H3/c1-3-5-7-9-11-10-8-6-4-2/h1H,2H2/q-1. The van der Waals surface area contributed by atoms with Crippen LogP contribution in [0.25, 0.3) is 0 Å². The quantitative estimate of drug-likeness (QED) is 0.334. The molecule has 11 heavy (non-hydrogen) atoms. The lowest BCUT2D eigenvalue weighted by molar-refractivity contribution is 2.31. The van der Waals surface area contributed by atoms with Gasteiger partial charge < -0.3 is 0 Å². The van der Waals surface area contributed by atoms with Crippen molar-refractivity contribution in [1.29, 1.82) is 0 Å². The van der Waals surface area contributed by atoms with Gasteiger partial charge in [0.05, 0.1) is 0 Å². The van der Waals surface area contributed by atoms with E-state index in [4.69, 9.17) is 6.42 Å². The first-order valence-electron chi connectivity index (χ1n) is 2.64. The van der Waals surface area contributed by atoms with Crippen molar-refractivity contribution in [3.05, 3.63) is 6.92 Å². The van der Waals surface area contributed by atoms with Gasteiger partial charge in [0.25, 0.3) is 0 Å². The Hall–Kier alpha value is -2.33. The maximum absolute atomic E-state index is 4.83. The third kappa shape index (κ3) is 7.67. The van der Waals surface area contributed by atoms with E-state index in [1.807, 2.05) is 0 Å². The molecule has 0 radical (unpaired) electrons. The summed E-state index contributed by atoms with van der Waals surface area (Å²) in [4.78, 5) is 0. The molecule has 0 fully saturated rings. The zero-order valence-corrected chi connectivity index (χ0v) is 5.78. The Morgan fingerprint density at radius 3 is 1.64 bits per heavy atom. The Morgan fingerprint density at radius 1 is 0.727 bits per heavy atom. The van der Waals surface area contributed by atoms with E-state index in [0.29, 0.717) is 0 Å². The molecule has 0 saturated carbocycles. The minimum absolute atomic E-state index is 2.12. The van der Waals surface area contributed by atoms with Gasteiger partial charge in [-0.25, -0.2) is 5.92 Å². The van der Waals surface area contributed by atoms with Crippen LogP contribution < -0.4 is 0 Å². The third-order valence-corrected chi connectivity index (χ3v) is 0.536. The van der Waals surface area contributed by atoms with Crippen LogP contribution in [0.15, 0.2) is 0 Å². The van der Waals surface area contributed by atoms with Gasteiger partial charge >= 0.3 is 0 Å². The highest BCUT2D eigenvalue weighted by Gasteiger charge is 1.50. The summed E-state index contributed by atoms with van der Waals surface area (Å²) in [5.74, 6) is 21.4. The van der Waals surface area contributed by atoms with E-state index in [1.165, 1.54) is 0 Å². The lowest BCUT2D eigenvalue weighted by Crippen LogP contribution is -1.52. The zero-order valence-electron chi connectivity index (χ0n) is 5.78. The van der Waals surface area contributed by atoms with E-state index < -0.39 is 0 Å². The van der Waals surface area contributed by atoms with Crippen LogP contribution in [0.3, 0.4) is 0 Å². The first kappa shape index (κ1) is 8.67. The highest BCUT2D eigenvalue weighted by molar-refractivity contribution is 5.42. The molecule has 0 aromatic rings. The second-order valence-electron chi connectivity index (χ2n) is 1.20. The summed E-state index contributed by atoms with van der Waals surface area (Å²) in [5.41, 5.74) is 0. The monoisotopic (exact) mass is 135 g/mol. The van der Waals surface area contributed by atoms with Crippen molar-refractivity contribution in [2.75, 3.05) is 0 Å². The van der Waals surface area contributed by atoms with Crippen molar-refractivity contribution < 1.29 is 0 Å². The molecule has 0 heteroatoms. The molecular weight excluding hydrogens is 132 g/mol. The van der Waals surface area contributed by atoms with Crippen molar-refractivity contribution in [2.45, 2.75) is 0 Å². The molecular formula is C11H3-. The van der Waals surface area contributed by atoms with E-state index >= 15 is 0 Å². The molecule has 0 amide bonds. The van der Waals surface area contributed by atoms with Gasteiger partial charge in [-0.1, -0.05) is 0 Å². The SMILES string of the molecule is C#CC#CC#CC#CC#C[CH2-]. The maximum atomic E-state index is 4.83. The molecule has 0 aromatic carbocycles. The molecule has 0 aliphatic rings. The first-order valence-corrected chi connectivity index (χ1v) is 2.64. The lowest BCUT2D eigenvalue weighted by atomic mass is 10.5. The normalized spacial score (nSPS) is 3.55. The zero-order chi connectivity index (χ0) is 8.36. The molecule has 0 unspecified atom stereocenters. The van der Waals surface area contributed by atoms with Gasteiger partial charge in [0.1, 0.15) is 0 Å². The van der Waals surface area contributed by atoms with Crippen molar-refractivity contribution >= 4 is 0 Å². The maximum Gasteiger partial charge on any atom is -0.0000439 e. The molecule has 48 valence electrons. The van der Waals surface area contributed by atoms with Gasteiger partial charge in [-0.05, 0) is 35.5 Å². The van der Waals surface area contributed by atoms with E-state index in [9.17, 15) is 0 Å². The average Bonchev–Trinajstić information content (AvgIpc) is 2.03. The molecule has 0 atom stereocenters. The molecule has 0 aliphatic carbocycles. The van der Waals surface area contributed by atoms with Crippen LogP contribution in [0.1, 0.15) is 0 Å². The Kier molecular flexibility index (Phi) is 6.05. The molecule has 0 bridgehead atoms. The van der Waals surface area contributed by atoms with Gasteiger partial charge in [0.2, 0.25) is 0 Å². The molecule has 0 nitrogen and oxygen atoms in total. The van der Waals surface area contributed by atoms with Crippen LogP contribution >= 0.6 is 0 Å². The molecule has 0 aliphatic heterocycles. The second-order valence-corrected chi connectivity index (χ2v) is 1.20. The fraction of sp³-hybridized carbons (Fsp3) is 0. The van der Waals surface area contributed by atoms with Crippen LogP contribution in [0, 0.1) is 66.6 Å². The Bertz CT molecular complexity index is 386. The fourth-order valence-electron chi connectivity index (χ4n) is 0.237. The largest absolute Gasteiger partial charge is 0.284 e.